The molecule has 2 rings (SSSR count). The number of nitrogens with one attached hydrogen (secondary N) is 4. The summed E-state index contributed by atoms with van der Waals surface area (Å²) < 4.78 is 32.2. The SMILES string of the molecule is CCCC(CCC)S(=O)(=O)C[C@H](NC(=O)CCC(=O)NC)C(=O)N[C@@H](Cc1ccccc1)[C@H](O)CNCc1cccc(OC)c1. The number of methoxy groups -OCH3 is 1. The number of ether oxygens (including phenoxy) is 1. The normalized spacial score (nSPS) is 13.5. The first-order valence-corrected chi connectivity index (χ1v) is 17.3. The molecule has 0 fully saturated rings. The second-order valence-corrected chi connectivity index (χ2v) is 13.5. The number of carbonyl (C=O) groups is 3. The Kier molecular flexibility index (Phi) is 16.6. The molecule has 0 aliphatic carbocycles. The van der Waals surface area contributed by atoms with Crippen LogP contribution in [0.4, 0.5) is 0 Å². The fourth-order valence-corrected chi connectivity index (χ4v) is 7.20. The molecule has 0 bridgehead atoms. The van der Waals surface area contributed by atoms with Crippen molar-refractivity contribution < 1.29 is 32.6 Å². The van der Waals surface area contributed by atoms with Crippen molar-refractivity contribution in [1.29, 1.82) is 0 Å². The van der Waals surface area contributed by atoms with Gasteiger partial charge >= 0.3 is 0 Å². The zero-order valence-electron chi connectivity index (χ0n) is 26.9. The highest BCUT2D eigenvalue weighted by atomic mass is 32.2. The molecule has 0 aromatic heterocycles. The van der Waals surface area contributed by atoms with Gasteiger partial charge < -0.3 is 31.1 Å². The van der Waals surface area contributed by atoms with Crippen molar-refractivity contribution in [1.82, 2.24) is 21.3 Å². The molecule has 45 heavy (non-hydrogen) atoms. The van der Waals surface area contributed by atoms with Crippen LogP contribution in [0, 0.1) is 0 Å². The molecule has 3 amide bonds. The third-order valence-electron chi connectivity index (χ3n) is 7.55. The number of benzene rings is 2. The molecule has 0 radical (unpaired) electrons. The summed E-state index contributed by atoms with van der Waals surface area (Å²) in [6, 6.07) is 14.6. The maximum absolute atomic E-state index is 13.7. The Morgan fingerprint density at radius 3 is 2.16 bits per heavy atom. The monoisotopic (exact) mass is 646 g/mol. The zero-order chi connectivity index (χ0) is 33.2. The Balaban J connectivity index is 2.26. The van der Waals surface area contributed by atoms with Crippen molar-refractivity contribution in [3.8, 4) is 5.75 Å². The summed E-state index contributed by atoms with van der Waals surface area (Å²) in [5.41, 5.74) is 1.81. The lowest BCUT2D eigenvalue weighted by atomic mass is 10.0. The van der Waals surface area contributed by atoms with E-state index in [-0.39, 0.29) is 31.7 Å². The number of aliphatic hydroxyl groups is 1. The molecule has 0 spiro atoms. The van der Waals surface area contributed by atoms with Crippen molar-refractivity contribution in [3.63, 3.8) is 0 Å². The van der Waals surface area contributed by atoms with E-state index in [2.05, 4.69) is 21.3 Å². The number of sulfone groups is 1. The van der Waals surface area contributed by atoms with Crippen LogP contribution in [-0.2, 0) is 37.2 Å². The molecule has 3 atom stereocenters. The van der Waals surface area contributed by atoms with E-state index in [1.54, 1.807) is 7.11 Å². The fraction of sp³-hybridized carbons (Fsp3) is 0.545. The second-order valence-electron chi connectivity index (χ2n) is 11.2. The Bertz CT molecular complexity index is 1300. The Morgan fingerprint density at radius 1 is 0.889 bits per heavy atom. The summed E-state index contributed by atoms with van der Waals surface area (Å²) in [6.45, 7) is 4.38. The third kappa shape index (κ3) is 13.6. The van der Waals surface area contributed by atoms with Crippen LogP contribution in [0.5, 0.6) is 5.75 Å². The van der Waals surface area contributed by atoms with Gasteiger partial charge in [0.1, 0.15) is 11.8 Å². The van der Waals surface area contributed by atoms with E-state index >= 15 is 0 Å². The van der Waals surface area contributed by atoms with Crippen LogP contribution >= 0.6 is 0 Å². The average Bonchev–Trinajstić information content (AvgIpc) is 3.03. The quantitative estimate of drug-likeness (QED) is 0.138. The van der Waals surface area contributed by atoms with Crippen LogP contribution in [0.15, 0.2) is 54.6 Å². The van der Waals surface area contributed by atoms with Gasteiger partial charge in [-0.25, -0.2) is 8.42 Å². The van der Waals surface area contributed by atoms with Gasteiger partial charge in [0.2, 0.25) is 17.7 Å². The van der Waals surface area contributed by atoms with Gasteiger partial charge in [-0.2, -0.15) is 0 Å². The third-order valence-corrected chi connectivity index (χ3v) is 9.83. The molecular formula is C33H50N4O7S. The average molecular weight is 647 g/mol. The van der Waals surface area contributed by atoms with Gasteiger partial charge in [-0.05, 0) is 42.5 Å². The number of hydrogen-bond donors (Lipinski definition) is 5. The fourth-order valence-electron chi connectivity index (χ4n) is 5.04. The summed E-state index contributed by atoms with van der Waals surface area (Å²) >= 11 is 0. The van der Waals surface area contributed by atoms with Crippen LogP contribution < -0.4 is 26.0 Å². The first kappa shape index (κ1) is 37.7. The number of hydrogen-bond acceptors (Lipinski definition) is 8. The van der Waals surface area contributed by atoms with Crippen molar-refractivity contribution in [3.05, 3.63) is 65.7 Å². The molecule has 0 aliphatic heterocycles. The van der Waals surface area contributed by atoms with Gasteiger partial charge in [0.05, 0.1) is 30.3 Å². The van der Waals surface area contributed by atoms with Crippen molar-refractivity contribution in [2.45, 2.75) is 88.8 Å². The molecule has 250 valence electrons. The van der Waals surface area contributed by atoms with Crippen molar-refractivity contribution in [2.24, 2.45) is 0 Å². The van der Waals surface area contributed by atoms with E-state index in [9.17, 15) is 27.9 Å². The van der Waals surface area contributed by atoms with Crippen LogP contribution in [0.1, 0.15) is 63.5 Å². The van der Waals surface area contributed by atoms with Crippen LogP contribution in [0.25, 0.3) is 0 Å². The predicted octanol–water partition coefficient (Wildman–Crippen LogP) is 2.27. The standard InChI is InChI=1S/C33H50N4O7S/c1-5-11-27(12-6-2)45(42,43)23-29(36-32(40)18-17-31(39)34-3)33(41)37-28(20-24-13-8-7-9-14-24)30(38)22-35-21-25-15-10-16-26(19-25)44-4/h7-10,13-16,19,27-30,35,38H,5-6,11-12,17-18,20-23H2,1-4H3,(H,34,39)(H,36,40)(H,37,41)/t28-,29-,30+/m0/s1. The minimum Gasteiger partial charge on any atom is -0.497 e. The first-order chi connectivity index (χ1) is 21.5. The summed E-state index contributed by atoms with van der Waals surface area (Å²) in [6.07, 6.45) is 1.13. The van der Waals surface area contributed by atoms with Gasteiger partial charge in [-0.3, -0.25) is 14.4 Å². The summed E-state index contributed by atoms with van der Waals surface area (Å²) in [5, 5.41) is 21.6. The minimum absolute atomic E-state index is 0.105. The van der Waals surface area contributed by atoms with Crippen LogP contribution in [0.2, 0.25) is 0 Å². The first-order valence-electron chi connectivity index (χ1n) is 15.6. The Labute approximate surface area is 267 Å². The summed E-state index contributed by atoms with van der Waals surface area (Å²) in [5.74, 6) is -1.56. The van der Waals surface area contributed by atoms with E-state index in [1.807, 2.05) is 68.4 Å². The second kappa shape index (κ2) is 19.8. The molecule has 5 N–H and O–H groups in total. The molecular weight excluding hydrogens is 596 g/mol. The lowest BCUT2D eigenvalue weighted by Crippen LogP contribution is -2.57. The predicted molar refractivity (Wildman–Crippen MR) is 175 cm³/mol. The molecule has 0 aliphatic rings. The number of rotatable bonds is 21. The van der Waals surface area contributed by atoms with Crippen molar-refractivity contribution in [2.75, 3.05) is 26.5 Å². The van der Waals surface area contributed by atoms with E-state index in [0.717, 1.165) is 11.1 Å². The lowest BCUT2D eigenvalue weighted by molar-refractivity contribution is -0.130. The zero-order valence-corrected chi connectivity index (χ0v) is 27.7. The maximum atomic E-state index is 13.7. The van der Waals surface area contributed by atoms with Gasteiger partial charge in [0, 0.05) is 33.0 Å². The Hall–Kier alpha value is -3.48. The molecule has 11 nitrogen and oxygen atoms in total. The van der Waals surface area contributed by atoms with E-state index in [0.29, 0.717) is 38.0 Å². The van der Waals surface area contributed by atoms with Crippen molar-refractivity contribution >= 4 is 27.6 Å². The molecule has 0 saturated heterocycles. The molecule has 0 heterocycles. The smallest absolute Gasteiger partial charge is 0.243 e. The maximum Gasteiger partial charge on any atom is 0.243 e. The molecule has 2 aromatic carbocycles. The molecule has 2 aromatic rings. The topological polar surface area (TPSA) is 163 Å². The minimum atomic E-state index is -3.78. The summed E-state index contributed by atoms with van der Waals surface area (Å²) in [4.78, 5) is 38.2. The van der Waals surface area contributed by atoms with Gasteiger partial charge in [-0.15, -0.1) is 0 Å². The highest BCUT2D eigenvalue weighted by molar-refractivity contribution is 7.92. The highest BCUT2D eigenvalue weighted by Crippen LogP contribution is 2.18. The van der Waals surface area contributed by atoms with E-state index in [4.69, 9.17) is 4.74 Å². The van der Waals surface area contributed by atoms with Crippen LogP contribution in [-0.4, -0.2) is 81.1 Å². The Morgan fingerprint density at radius 2 is 1.53 bits per heavy atom. The van der Waals surface area contributed by atoms with Gasteiger partial charge in [0.25, 0.3) is 0 Å². The molecule has 0 saturated carbocycles. The van der Waals surface area contributed by atoms with Crippen LogP contribution in [0.3, 0.4) is 0 Å². The lowest BCUT2D eigenvalue weighted by Gasteiger charge is -2.28. The van der Waals surface area contributed by atoms with Gasteiger partial charge in [-0.1, -0.05) is 69.2 Å². The number of aliphatic hydroxyl groups excluding tert-OH is 1. The molecule has 12 heteroatoms. The molecule has 0 unspecified atom stereocenters. The number of amides is 3. The van der Waals surface area contributed by atoms with E-state index < -0.39 is 50.8 Å². The highest BCUT2D eigenvalue weighted by Gasteiger charge is 2.34. The summed E-state index contributed by atoms with van der Waals surface area (Å²) in [7, 11) is -0.738. The number of carbonyl (C=O) groups excluding carboxylic acids is 3. The van der Waals surface area contributed by atoms with Gasteiger partial charge in [0.15, 0.2) is 9.84 Å². The largest absolute Gasteiger partial charge is 0.497 e. The van der Waals surface area contributed by atoms with E-state index in [1.165, 1.54) is 7.05 Å².